The van der Waals surface area contributed by atoms with Crippen molar-refractivity contribution in [3.8, 4) is 0 Å². The fourth-order valence-electron chi connectivity index (χ4n) is 2.40. The van der Waals surface area contributed by atoms with Crippen molar-refractivity contribution in [2.24, 2.45) is 0 Å². The Balaban J connectivity index is 2.23. The van der Waals surface area contributed by atoms with Crippen LogP contribution in [0.15, 0.2) is 12.4 Å². The van der Waals surface area contributed by atoms with Gasteiger partial charge in [-0.05, 0) is 13.8 Å². The predicted octanol–water partition coefficient (Wildman–Crippen LogP) is 0.204. The van der Waals surface area contributed by atoms with Gasteiger partial charge in [0.15, 0.2) is 0 Å². The number of nitrogens with zero attached hydrogens (tertiary/aromatic N) is 3. The highest BCUT2D eigenvalue weighted by Crippen LogP contribution is 2.23. The molecule has 2 atom stereocenters. The highest BCUT2D eigenvalue weighted by Gasteiger charge is 2.33. The molecule has 0 saturated carbocycles. The summed E-state index contributed by atoms with van der Waals surface area (Å²) in [5.41, 5.74) is 1.71. The number of piperazine rings is 1. The summed E-state index contributed by atoms with van der Waals surface area (Å²) in [5.74, 6) is -0.796. The summed E-state index contributed by atoms with van der Waals surface area (Å²) in [6, 6.07) is -0.544. The summed E-state index contributed by atoms with van der Waals surface area (Å²) in [7, 11) is 0. The summed E-state index contributed by atoms with van der Waals surface area (Å²) >= 11 is 0. The third-order valence-electron chi connectivity index (χ3n) is 3.38. The Labute approximate surface area is 106 Å². The molecule has 1 saturated heterocycles. The van der Waals surface area contributed by atoms with E-state index in [1.165, 1.54) is 0 Å². The van der Waals surface area contributed by atoms with E-state index in [2.05, 4.69) is 15.3 Å². The summed E-state index contributed by atoms with van der Waals surface area (Å²) in [6.45, 7) is 5.86. The molecule has 0 aromatic carbocycles. The van der Waals surface area contributed by atoms with Crippen molar-refractivity contribution in [2.75, 3.05) is 19.6 Å². The van der Waals surface area contributed by atoms with Crippen molar-refractivity contribution < 1.29 is 9.90 Å². The SMILES string of the molecule is Cc1nccnc1C(C)N1CCNCC1C(=O)O. The van der Waals surface area contributed by atoms with Crippen molar-refractivity contribution in [3.05, 3.63) is 23.8 Å². The second-order valence-electron chi connectivity index (χ2n) is 4.50. The molecule has 0 bridgehead atoms. The molecule has 98 valence electrons. The van der Waals surface area contributed by atoms with E-state index in [4.69, 9.17) is 0 Å². The summed E-state index contributed by atoms with van der Waals surface area (Å²) < 4.78 is 0. The Morgan fingerprint density at radius 3 is 2.94 bits per heavy atom. The molecule has 2 N–H and O–H groups in total. The minimum Gasteiger partial charge on any atom is -0.480 e. The van der Waals surface area contributed by atoms with Crippen LogP contribution in [0, 0.1) is 6.92 Å². The molecule has 2 heterocycles. The molecule has 2 rings (SSSR count). The zero-order chi connectivity index (χ0) is 13.1. The Kier molecular flexibility index (Phi) is 3.88. The third-order valence-corrected chi connectivity index (χ3v) is 3.38. The first-order valence-electron chi connectivity index (χ1n) is 6.08. The van der Waals surface area contributed by atoms with Gasteiger partial charge in [-0.2, -0.15) is 0 Å². The topological polar surface area (TPSA) is 78.4 Å². The van der Waals surface area contributed by atoms with Crippen molar-refractivity contribution in [1.29, 1.82) is 0 Å². The van der Waals surface area contributed by atoms with Gasteiger partial charge in [-0.25, -0.2) is 0 Å². The molecule has 2 unspecified atom stereocenters. The number of hydrogen-bond donors (Lipinski definition) is 2. The molecule has 1 fully saturated rings. The van der Waals surface area contributed by atoms with Crippen molar-refractivity contribution in [3.63, 3.8) is 0 Å². The molecule has 18 heavy (non-hydrogen) atoms. The standard InChI is InChI=1S/C12H18N4O2/c1-8-11(15-4-3-14-8)9(2)16-6-5-13-7-10(16)12(17)18/h3-4,9-10,13H,5-7H2,1-2H3,(H,17,18). The minimum atomic E-state index is -0.796. The number of carbonyl (C=O) groups is 1. The minimum absolute atomic E-state index is 0.0399. The smallest absolute Gasteiger partial charge is 0.322 e. The van der Waals surface area contributed by atoms with Gasteiger partial charge in [0.25, 0.3) is 0 Å². The molecule has 0 amide bonds. The van der Waals surface area contributed by atoms with Crippen LogP contribution in [0.1, 0.15) is 24.4 Å². The summed E-state index contributed by atoms with van der Waals surface area (Å²) in [5, 5.41) is 12.4. The monoisotopic (exact) mass is 250 g/mol. The van der Waals surface area contributed by atoms with Crippen LogP contribution in [0.5, 0.6) is 0 Å². The normalized spacial score (nSPS) is 22.7. The Morgan fingerprint density at radius 1 is 1.56 bits per heavy atom. The Morgan fingerprint density at radius 2 is 2.28 bits per heavy atom. The number of aliphatic carboxylic acids is 1. The number of carboxylic acids is 1. The lowest BCUT2D eigenvalue weighted by Gasteiger charge is -2.37. The number of aryl methyl sites for hydroxylation is 1. The van der Waals surface area contributed by atoms with Gasteiger partial charge in [0.05, 0.1) is 17.4 Å². The van der Waals surface area contributed by atoms with Crippen LogP contribution >= 0.6 is 0 Å². The molecule has 0 radical (unpaired) electrons. The first-order valence-corrected chi connectivity index (χ1v) is 6.08. The maximum Gasteiger partial charge on any atom is 0.322 e. The number of rotatable bonds is 3. The van der Waals surface area contributed by atoms with Crippen LogP contribution in [0.2, 0.25) is 0 Å². The molecular weight excluding hydrogens is 232 g/mol. The van der Waals surface area contributed by atoms with Crippen LogP contribution in [0.4, 0.5) is 0 Å². The molecule has 6 heteroatoms. The second-order valence-corrected chi connectivity index (χ2v) is 4.50. The lowest BCUT2D eigenvalue weighted by atomic mass is 10.1. The van der Waals surface area contributed by atoms with Gasteiger partial charge in [-0.15, -0.1) is 0 Å². The lowest BCUT2D eigenvalue weighted by Crippen LogP contribution is -2.55. The van der Waals surface area contributed by atoms with Crippen LogP contribution in [-0.2, 0) is 4.79 Å². The van der Waals surface area contributed by atoms with Crippen LogP contribution in [0.3, 0.4) is 0 Å². The maximum atomic E-state index is 11.3. The third kappa shape index (κ3) is 2.49. The molecule has 1 aromatic heterocycles. The van der Waals surface area contributed by atoms with E-state index in [-0.39, 0.29) is 6.04 Å². The van der Waals surface area contributed by atoms with E-state index in [1.54, 1.807) is 12.4 Å². The van der Waals surface area contributed by atoms with Gasteiger partial charge in [-0.3, -0.25) is 19.7 Å². The Hall–Kier alpha value is -1.53. The number of nitrogens with one attached hydrogen (secondary N) is 1. The van der Waals surface area contributed by atoms with E-state index >= 15 is 0 Å². The zero-order valence-corrected chi connectivity index (χ0v) is 10.6. The molecule has 1 aromatic rings. The van der Waals surface area contributed by atoms with E-state index < -0.39 is 12.0 Å². The summed E-state index contributed by atoms with van der Waals surface area (Å²) in [6.07, 6.45) is 3.30. The molecule has 1 aliphatic heterocycles. The van der Waals surface area contributed by atoms with Gasteiger partial charge in [-0.1, -0.05) is 0 Å². The van der Waals surface area contributed by atoms with Crippen LogP contribution in [0.25, 0.3) is 0 Å². The van der Waals surface area contributed by atoms with E-state index in [0.717, 1.165) is 17.9 Å². The van der Waals surface area contributed by atoms with Gasteiger partial charge in [0, 0.05) is 32.0 Å². The molecule has 1 aliphatic rings. The largest absolute Gasteiger partial charge is 0.480 e. The molecular formula is C12H18N4O2. The summed E-state index contributed by atoms with van der Waals surface area (Å²) in [4.78, 5) is 21.8. The quantitative estimate of drug-likeness (QED) is 0.798. The first-order chi connectivity index (χ1) is 8.61. The number of carboxylic acid groups (broad SMARTS) is 1. The van der Waals surface area contributed by atoms with E-state index in [1.807, 2.05) is 18.7 Å². The van der Waals surface area contributed by atoms with E-state index in [9.17, 15) is 9.90 Å². The van der Waals surface area contributed by atoms with Crippen molar-refractivity contribution in [2.45, 2.75) is 25.9 Å². The Bertz CT molecular complexity index is 438. The average Bonchev–Trinajstić information content (AvgIpc) is 2.38. The zero-order valence-electron chi connectivity index (χ0n) is 10.6. The first kappa shape index (κ1) is 12.9. The van der Waals surface area contributed by atoms with Gasteiger partial charge in [0.1, 0.15) is 6.04 Å². The predicted molar refractivity (Wildman–Crippen MR) is 66.2 cm³/mol. The fourth-order valence-corrected chi connectivity index (χ4v) is 2.40. The van der Waals surface area contributed by atoms with E-state index in [0.29, 0.717) is 13.1 Å². The van der Waals surface area contributed by atoms with Crippen LogP contribution in [-0.4, -0.2) is 51.6 Å². The maximum absolute atomic E-state index is 11.3. The molecule has 0 aliphatic carbocycles. The highest BCUT2D eigenvalue weighted by atomic mass is 16.4. The van der Waals surface area contributed by atoms with Crippen molar-refractivity contribution >= 4 is 5.97 Å². The van der Waals surface area contributed by atoms with Crippen molar-refractivity contribution in [1.82, 2.24) is 20.2 Å². The fraction of sp³-hybridized carbons (Fsp3) is 0.583. The van der Waals surface area contributed by atoms with Crippen LogP contribution < -0.4 is 5.32 Å². The van der Waals surface area contributed by atoms with Gasteiger partial charge >= 0.3 is 5.97 Å². The second kappa shape index (κ2) is 5.41. The lowest BCUT2D eigenvalue weighted by molar-refractivity contribution is -0.145. The van der Waals surface area contributed by atoms with Gasteiger partial charge in [0.2, 0.25) is 0 Å². The molecule has 0 spiro atoms. The number of hydrogen-bond acceptors (Lipinski definition) is 5. The molecule has 6 nitrogen and oxygen atoms in total. The highest BCUT2D eigenvalue weighted by molar-refractivity contribution is 5.74. The average molecular weight is 250 g/mol. The van der Waals surface area contributed by atoms with Gasteiger partial charge < -0.3 is 10.4 Å². The number of aromatic nitrogens is 2.